The molecule has 0 saturated heterocycles. The molecular formula is C12H12N4OS. The van der Waals surface area contributed by atoms with Gasteiger partial charge in [-0.3, -0.25) is 9.89 Å². The van der Waals surface area contributed by atoms with Crippen molar-refractivity contribution in [3.63, 3.8) is 0 Å². The summed E-state index contributed by atoms with van der Waals surface area (Å²) in [5.74, 6) is 0. The Labute approximate surface area is 107 Å². The molecule has 0 radical (unpaired) electrons. The molecule has 5 nitrogen and oxygen atoms in total. The standard InChI is InChI=1S/C12H12N4OS/c1-7(13)8-6-12(17)16-11(14-8)5-9(15-16)10-3-2-4-18-10/h2-7,15H,13H2,1H3. The Morgan fingerprint density at radius 1 is 1.50 bits per heavy atom. The Balaban J connectivity index is 2.23. The summed E-state index contributed by atoms with van der Waals surface area (Å²) in [7, 11) is 0. The molecule has 3 aromatic rings. The average Bonchev–Trinajstić information content (AvgIpc) is 2.96. The molecule has 1 unspecified atom stereocenters. The zero-order valence-electron chi connectivity index (χ0n) is 9.75. The van der Waals surface area contributed by atoms with E-state index >= 15 is 0 Å². The van der Waals surface area contributed by atoms with Crippen molar-refractivity contribution in [2.75, 3.05) is 0 Å². The Hall–Kier alpha value is -1.92. The lowest BCUT2D eigenvalue weighted by Gasteiger charge is -2.03. The summed E-state index contributed by atoms with van der Waals surface area (Å²) in [5.41, 5.74) is 7.70. The van der Waals surface area contributed by atoms with Gasteiger partial charge in [-0.05, 0) is 18.4 Å². The Bertz CT molecular complexity index is 739. The third-order valence-corrected chi connectivity index (χ3v) is 3.63. The minimum absolute atomic E-state index is 0.143. The van der Waals surface area contributed by atoms with Crippen LogP contribution in [0.25, 0.3) is 16.2 Å². The van der Waals surface area contributed by atoms with Crippen LogP contribution in [0.5, 0.6) is 0 Å². The van der Waals surface area contributed by atoms with Gasteiger partial charge in [0, 0.05) is 18.2 Å². The van der Waals surface area contributed by atoms with E-state index in [1.165, 1.54) is 10.6 Å². The summed E-state index contributed by atoms with van der Waals surface area (Å²) in [5, 5.41) is 5.03. The number of aromatic nitrogens is 3. The van der Waals surface area contributed by atoms with Gasteiger partial charge in [0.25, 0.3) is 5.56 Å². The van der Waals surface area contributed by atoms with Crippen LogP contribution in [0.4, 0.5) is 0 Å². The van der Waals surface area contributed by atoms with Crippen molar-refractivity contribution in [2.24, 2.45) is 5.73 Å². The molecule has 0 amide bonds. The quantitative estimate of drug-likeness (QED) is 0.737. The van der Waals surface area contributed by atoms with E-state index in [1.54, 1.807) is 11.3 Å². The van der Waals surface area contributed by atoms with E-state index in [1.807, 2.05) is 30.5 Å². The van der Waals surface area contributed by atoms with E-state index in [2.05, 4.69) is 10.1 Å². The largest absolute Gasteiger partial charge is 0.323 e. The zero-order valence-corrected chi connectivity index (χ0v) is 10.6. The van der Waals surface area contributed by atoms with Crippen LogP contribution in [0.1, 0.15) is 18.7 Å². The van der Waals surface area contributed by atoms with Gasteiger partial charge in [0.2, 0.25) is 0 Å². The van der Waals surface area contributed by atoms with Crippen molar-refractivity contribution in [1.29, 1.82) is 0 Å². The molecule has 18 heavy (non-hydrogen) atoms. The highest BCUT2D eigenvalue weighted by Gasteiger charge is 2.10. The van der Waals surface area contributed by atoms with Crippen molar-refractivity contribution in [2.45, 2.75) is 13.0 Å². The van der Waals surface area contributed by atoms with Gasteiger partial charge in [-0.15, -0.1) is 11.3 Å². The number of nitrogens with two attached hydrogens (primary N) is 1. The van der Waals surface area contributed by atoms with Crippen LogP contribution < -0.4 is 11.3 Å². The van der Waals surface area contributed by atoms with Crippen LogP contribution in [0.3, 0.4) is 0 Å². The third kappa shape index (κ3) is 1.75. The van der Waals surface area contributed by atoms with Gasteiger partial charge in [-0.1, -0.05) is 6.07 Å². The molecule has 0 bridgehead atoms. The number of aromatic amines is 1. The van der Waals surface area contributed by atoms with Crippen molar-refractivity contribution in [3.05, 3.63) is 45.7 Å². The SMILES string of the molecule is CC(N)c1cc(=O)n2[nH]c(-c3cccs3)cc2n1. The Morgan fingerprint density at radius 3 is 3.00 bits per heavy atom. The average molecular weight is 260 g/mol. The van der Waals surface area contributed by atoms with E-state index in [9.17, 15) is 4.79 Å². The zero-order chi connectivity index (χ0) is 12.7. The minimum atomic E-state index is -0.247. The molecule has 0 aliphatic rings. The van der Waals surface area contributed by atoms with Crippen molar-refractivity contribution in [1.82, 2.24) is 14.6 Å². The van der Waals surface area contributed by atoms with Gasteiger partial charge < -0.3 is 5.73 Å². The molecule has 3 N–H and O–H groups in total. The number of hydrogen-bond donors (Lipinski definition) is 2. The molecule has 0 aliphatic carbocycles. The molecule has 0 saturated carbocycles. The lowest BCUT2D eigenvalue weighted by Crippen LogP contribution is -2.18. The number of nitrogens with one attached hydrogen (secondary N) is 1. The lowest BCUT2D eigenvalue weighted by atomic mass is 10.2. The first-order valence-electron chi connectivity index (χ1n) is 5.57. The van der Waals surface area contributed by atoms with Gasteiger partial charge in [-0.2, -0.15) is 0 Å². The van der Waals surface area contributed by atoms with Crippen LogP contribution in [0.2, 0.25) is 0 Å². The molecular weight excluding hydrogens is 248 g/mol. The highest BCUT2D eigenvalue weighted by molar-refractivity contribution is 7.13. The summed E-state index contributed by atoms with van der Waals surface area (Å²) in [6.07, 6.45) is 0. The van der Waals surface area contributed by atoms with Crippen molar-refractivity contribution >= 4 is 17.0 Å². The molecule has 0 aliphatic heterocycles. The lowest BCUT2D eigenvalue weighted by molar-refractivity contribution is 0.765. The Kier molecular flexibility index (Phi) is 2.53. The first-order chi connectivity index (χ1) is 8.65. The second-order valence-electron chi connectivity index (χ2n) is 4.15. The summed E-state index contributed by atoms with van der Waals surface area (Å²) in [4.78, 5) is 17.4. The molecule has 0 spiro atoms. The second-order valence-corrected chi connectivity index (χ2v) is 5.10. The van der Waals surface area contributed by atoms with Crippen LogP contribution in [0.15, 0.2) is 34.4 Å². The highest BCUT2D eigenvalue weighted by Crippen LogP contribution is 2.23. The predicted molar refractivity (Wildman–Crippen MR) is 71.7 cm³/mol. The van der Waals surface area contributed by atoms with Gasteiger partial charge in [-0.25, -0.2) is 9.50 Å². The fourth-order valence-electron chi connectivity index (χ4n) is 1.80. The number of nitrogens with zero attached hydrogens (tertiary/aromatic N) is 2. The van der Waals surface area contributed by atoms with Crippen LogP contribution in [0, 0.1) is 0 Å². The smallest absolute Gasteiger partial charge is 0.272 e. The van der Waals surface area contributed by atoms with Gasteiger partial charge in [0.15, 0.2) is 5.65 Å². The van der Waals surface area contributed by atoms with Crippen LogP contribution in [-0.2, 0) is 0 Å². The molecule has 0 fully saturated rings. The van der Waals surface area contributed by atoms with E-state index in [0.29, 0.717) is 11.3 Å². The maximum atomic E-state index is 11.9. The fourth-order valence-corrected chi connectivity index (χ4v) is 2.49. The number of hydrogen-bond acceptors (Lipinski definition) is 4. The maximum Gasteiger partial charge on any atom is 0.272 e. The van der Waals surface area contributed by atoms with Crippen molar-refractivity contribution < 1.29 is 0 Å². The third-order valence-electron chi connectivity index (χ3n) is 2.72. The maximum absolute atomic E-state index is 11.9. The summed E-state index contributed by atoms with van der Waals surface area (Å²) >= 11 is 1.61. The second kappa shape index (κ2) is 4.08. The molecule has 0 aromatic carbocycles. The predicted octanol–water partition coefficient (Wildman–Crippen LogP) is 1.77. The van der Waals surface area contributed by atoms with Crippen LogP contribution >= 0.6 is 11.3 Å². The molecule has 3 aromatic heterocycles. The summed E-state index contributed by atoms with van der Waals surface area (Å²) in [6.45, 7) is 1.81. The fraction of sp³-hybridized carbons (Fsp3) is 0.167. The van der Waals surface area contributed by atoms with Gasteiger partial charge in [0.1, 0.15) is 0 Å². The monoisotopic (exact) mass is 260 g/mol. The topological polar surface area (TPSA) is 76.2 Å². The van der Waals surface area contributed by atoms with E-state index in [0.717, 1.165) is 10.6 Å². The van der Waals surface area contributed by atoms with Gasteiger partial charge in [0.05, 0.1) is 16.3 Å². The normalized spacial score (nSPS) is 13.0. The first-order valence-corrected chi connectivity index (χ1v) is 6.45. The molecule has 92 valence electrons. The van der Waals surface area contributed by atoms with Gasteiger partial charge >= 0.3 is 0 Å². The molecule has 3 rings (SSSR count). The molecule has 3 heterocycles. The first kappa shape index (κ1) is 11.2. The molecule has 6 heteroatoms. The number of thiophene rings is 1. The number of fused-ring (bicyclic) bond motifs is 1. The minimum Gasteiger partial charge on any atom is -0.323 e. The van der Waals surface area contributed by atoms with E-state index in [-0.39, 0.29) is 11.6 Å². The van der Waals surface area contributed by atoms with Crippen molar-refractivity contribution in [3.8, 4) is 10.6 Å². The Morgan fingerprint density at radius 2 is 2.33 bits per heavy atom. The van der Waals surface area contributed by atoms with E-state index < -0.39 is 0 Å². The van der Waals surface area contributed by atoms with E-state index in [4.69, 9.17) is 5.73 Å². The number of rotatable bonds is 2. The van der Waals surface area contributed by atoms with Crippen LogP contribution in [-0.4, -0.2) is 14.6 Å². The molecule has 1 atom stereocenters. The summed E-state index contributed by atoms with van der Waals surface area (Å²) in [6, 6.07) is 7.04. The number of H-pyrrole nitrogens is 1. The summed E-state index contributed by atoms with van der Waals surface area (Å²) < 4.78 is 1.43. The highest BCUT2D eigenvalue weighted by atomic mass is 32.1.